The summed E-state index contributed by atoms with van der Waals surface area (Å²) in [6, 6.07) is 28.4. The van der Waals surface area contributed by atoms with E-state index in [1.807, 2.05) is 42.5 Å². The van der Waals surface area contributed by atoms with Crippen molar-refractivity contribution in [2.45, 2.75) is 56.1 Å². The van der Waals surface area contributed by atoms with Crippen LogP contribution in [0.15, 0.2) is 108 Å². The molecule has 10 heteroatoms. The number of carbonyl (C=O) groups excluding carboxylic acids is 2. The average Bonchev–Trinajstić information content (AvgIpc) is 3.63. The molecule has 0 aromatic heterocycles. The predicted molar refractivity (Wildman–Crippen MR) is 177 cm³/mol. The van der Waals surface area contributed by atoms with Gasteiger partial charge in [0.15, 0.2) is 0 Å². The number of halogens is 2. The van der Waals surface area contributed by atoms with E-state index in [0.717, 1.165) is 29.5 Å². The van der Waals surface area contributed by atoms with Gasteiger partial charge in [0, 0.05) is 44.0 Å². The molecule has 46 heavy (non-hydrogen) atoms. The monoisotopic (exact) mass is 661 g/mol. The minimum atomic E-state index is -3.54. The highest BCUT2D eigenvalue weighted by molar-refractivity contribution is 7.89. The minimum absolute atomic E-state index is 0.0924. The summed E-state index contributed by atoms with van der Waals surface area (Å²) in [6.07, 6.45) is 2.45. The van der Waals surface area contributed by atoms with E-state index < -0.39 is 21.9 Å². The smallest absolute Gasteiger partial charge is 0.243 e. The molecule has 0 saturated carbocycles. The summed E-state index contributed by atoms with van der Waals surface area (Å²) in [6.45, 7) is 1.42. The summed E-state index contributed by atoms with van der Waals surface area (Å²) in [7, 11) is -3.54. The summed E-state index contributed by atoms with van der Waals surface area (Å²) in [5.74, 6) is -0.954. The summed E-state index contributed by atoms with van der Waals surface area (Å²) >= 11 is 6.02. The van der Waals surface area contributed by atoms with Gasteiger partial charge >= 0.3 is 0 Å². The maximum absolute atomic E-state index is 14.0. The van der Waals surface area contributed by atoms with Crippen molar-refractivity contribution in [3.8, 4) is 0 Å². The van der Waals surface area contributed by atoms with Crippen LogP contribution < -0.4 is 5.32 Å². The van der Waals surface area contributed by atoms with Crippen molar-refractivity contribution >= 4 is 33.4 Å². The van der Waals surface area contributed by atoms with Crippen molar-refractivity contribution in [2.75, 3.05) is 13.1 Å². The third-order valence-electron chi connectivity index (χ3n) is 8.17. The van der Waals surface area contributed by atoms with E-state index in [-0.39, 0.29) is 42.6 Å². The molecule has 5 rings (SSSR count). The van der Waals surface area contributed by atoms with Crippen LogP contribution in [0.2, 0.25) is 5.02 Å². The zero-order valence-corrected chi connectivity index (χ0v) is 27.0. The molecular formula is C36H37ClFN3O4S. The first-order chi connectivity index (χ1) is 22.2. The Hall–Kier alpha value is -4.05. The Morgan fingerprint density at radius 3 is 2.07 bits per heavy atom. The van der Waals surface area contributed by atoms with E-state index in [4.69, 9.17) is 11.6 Å². The lowest BCUT2D eigenvalue weighted by Gasteiger charge is -2.32. The van der Waals surface area contributed by atoms with Crippen LogP contribution in [0.25, 0.3) is 0 Å². The Kier molecular flexibility index (Phi) is 11.2. The summed E-state index contributed by atoms with van der Waals surface area (Å²) in [4.78, 5) is 29.6. The fourth-order valence-electron chi connectivity index (χ4n) is 5.55. The lowest BCUT2D eigenvalue weighted by molar-refractivity contribution is -0.141. The molecule has 1 saturated heterocycles. The first-order valence-electron chi connectivity index (χ1n) is 15.4. The van der Waals surface area contributed by atoms with Crippen molar-refractivity contribution in [2.24, 2.45) is 0 Å². The van der Waals surface area contributed by atoms with Gasteiger partial charge < -0.3 is 10.2 Å². The van der Waals surface area contributed by atoms with Gasteiger partial charge in [0.1, 0.15) is 11.9 Å². The number of amides is 2. The van der Waals surface area contributed by atoms with Crippen LogP contribution in [-0.2, 0) is 45.5 Å². The number of nitrogens with zero attached hydrogens (tertiary/aromatic N) is 2. The number of hydrogen-bond acceptors (Lipinski definition) is 4. The normalized spacial score (nSPS) is 14.1. The summed E-state index contributed by atoms with van der Waals surface area (Å²) in [5.41, 5.74) is 3.25. The van der Waals surface area contributed by atoms with E-state index in [1.165, 1.54) is 16.4 Å². The highest BCUT2D eigenvalue weighted by atomic mass is 35.5. The molecule has 0 bridgehead atoms. The van der Waals surface area contributed by atoms with Gasteiger partial charge in [0.25, 0.3) is 0 Å². The highest BCUT2D eigenvalue weighted by Crippen LogP contribution is 2.22. The Labute approximate surface area is 275 Å². The molecule has 7 nitrogen and oxygen atoms in total. The molecule has 1 unspecified atom stereocenters. The van der Waals surface area contributed by atoms with Crippen LogP contribution in [0.5, 0.6) is 0 Å². The second kappa shape index (κ2) is 15.5. The van der Waals surface area contributed by atoms with Crippen LogP contribution in [0.1, 0.15) is 41.5 Å². The second-order valence-corrected chi connectivity index (χ2v) is 13.8. The topological polar surface area (TPSA) is 86.8 Å². The molecule has 1 heterocycles. The van der Waals surface area contributed by atoms with Crippen LogP contribution in [0, 0.1) is 5.82 Å². The number of carbonyl (C=O) groups is 2. The SMILES string of the molecule is O=C(NCc1ccc(Cl)cc1)C(Cc1ccccc1)N(Cc1ccc(F)cc1)C(=O)CCc1ccc(S(=O)(=O)N2CCCC2)cc1. The quantitative estimate of drug-likeness (QED) is 0.186. The first-order valence-corrected chi connectivity index (χ1v) is 17.2. The minimum Gasteiger partial charge on any atom is -0.350 e. The van der Waals surface area contributed by atoms with Gasteiger partial charge in [-0.2, -0.15) is 4.31 Å². The largest absolute Gasteiger partial charge is 0.350 e. The molecule has 1 N–H and O–H groups in total. The van der Waals surface area contributed by atoms with Gasteiger partial charge in [0.05, 0.1) is 4.90 Å². The van der Waals surface area contributed by atoms with E-state index in [1.54, 1.807) is 53.4 Å². The summed E-state index contributed by atoms with van der Waals surface area (Å²) < 4.78 is 41.1. The number of benzene rings is 4. The second-order valence-electron chi connectivity index (χ2n) is 11.5. The number of rotatable bonds is 13. The molecule has 1 aliphatic rings. The van der Waals surface area contributed by atoms with Crippen molar-refractivity contribution in [3.63, 3.8) is 0 Å². The Bertz CT molecular complexity index is 1710. The van der Waals surface area contributed by atoms with Crippen molar-refractivity contribution in [1.29, 1.82) is 0 Å². The molecule has 0 spiro atoms. The summed E-state index contributed by atoms with van der Waals surface area (Å²) in [5, 5.41) is 3.58. The third-order valence-corrected chi connectivity index (χ3v) is 10.3. The first kappa shape index (κ1) is 33.3. The van der Waals surface area contributed by atoms with Crippen molar-refractivity contribution in [1.82, 2.24) is 14.5 Å². The Balaban J connectivity index is 1.36. The molecule has 0 radical (unpaired) electrons. The molecule has 240 valence electrons. The lowest BCUT2D eigenvalue weighted by Crippen LogP contribution is -2.50. The van der Waals surface area contributed by atoms with Crippen LogP contribution >= 0.6 is 11.6 Å². The molecule has 1 atom stereocenters. The van der Waals surface area contributed by atoms with Crippen LogP contribution in [-0.4, -0.2) is 48.6 Å². The predicted octanol–water partition coefficient (Wildman–Crippen LogP) is 6.15. The van der Waals surface area contributed by atoms with E-state index >= 15 is 0 Å². The fraction of sp³-hybridized carbons (Fsp3) is 0.278. The van der Waals surface area contributed by atoms with Gasteiger partial charge in [-0.15, -0.1) is 0 Å². The maximum Gasteiger partial charge on any atom is 0.243 e. The molecule has 2 amide bonds. The molecular weight excluding hydrogens is 625 g/mol. The maximum atomic E-state index is 14.0. The Morgan fingerprint density at radius 2 is 1.41 bits per heavy atom. The van der Waals surface area contributed by atoms with Crippen LogP contribution in [0.3, 0.4) is 0 Å². The standard InChI is InChI=1S/C36H37ClFN3O4S/c37-31-15-8-29(9-16-31)25-39-36(43)34(24-28-6-2-1-3-7-28)41(26-30-10-17-32(38)18-11-30)35(42)21-14-27-12-19-33(20-13-27)46(44,45)40-22-4-5-23-40/h1-3,6-13,15-20,34H,4-5,14,21-26H2,(H,39,43). The van der Waals surface area contributed by atoms with Gasteiger partial charge in [-0.1, -0.05) is 78.3 Å². The van der Waals surface area contributed by atoms with Crippen molar-refractivity contribution < 1.29 is 22.4 Å². The molecule has 0 aliphatic carbocycles. The number of sulfonamides is 1. The van der Waals surface area contributed by atoms with Crippen LogP contribution in [0.4, 0.5) is 4.39 Å². The van der Waals surface area contributed by atoms with E-state index in [0.29, 0.717) is 30.1 Å². The number of aryl methyl sites for hydroxylation is 1. The Morgan fingerprint density at radius 1 is 0.804 bits per heavy atom. The number of nitrogens with one attached hydrogen (secondary N) is 1. The zero-order chi connectivity index (χ0) is 32.5. The molecule has 1 fully saturated rings. The third kappa shape index (κ3) is 8.81. The fourth-order valence-corrected chi connectivity index (χ4v) is 7.19. The molecule has 4 aromatic rings. The molecule has 4 aromatic carbocycles. The van der Waals surface area contributed by atoms with Gasteiger partial charge in [0.2, 0.25) is 21.8 Å². The zero-order valence-electron chi connectivity index (χ0n) is 25.4. The van der Waals surface area contributed by atoms with E-state index in [2.05, 4.69) is 5.32 Å². The van der Waals surface area contributed by atoms with E-state index in [9.17, 15) is 22.4 Å². The lowest BCUT2D eigenvalue weighted by atomic mass is 10.0. The highest BCUT2D eigenvalue weighted by Gasteiger charge is 2.31. The van der Waals surface area contributed by atoms with Crippen molar-refractivity contribution in [3.05, 3.63) is 136 Å². The van der Waals surface area contributed by atoms with Gasteiger partial charge in [-0.3, -0.25) is 9.59 Å². The number of hydrogen-bond donors (Lipinski definition) is 1. The average molecular weight is 662 g/mol. The van der Waals surface area contributed by atoms with Gasteiger partial charge in [-0.05, 0) is 77.9 Å². The van der Waals surface area contributed by atoms with Gasteiger partial charge in [-0.25, -0.2) is 12.8 Å². The molecule has 1 aliphatic heterocycles.